The third-order valence-electron chi connectivity index (χ3n) is 2.63. The van der Waals surface area contributed by atoms with E-state index in [9.17, 15) is 4.79 Å². The van der Waals surface area contributed by atoms with Crippen molar-refractivity contribution in [3.63, 3.8) is 0 Å². The van der Waals surface area contributed by atoms with E-state index in [1.807, 2.05) is 27.7 Å². The molecule has 0 saturated heterocycles. The zero-order valence-corrected chi connectivity index (χ0v) is 11.7. The van der Waals surface area contributed by atoms with Gasteiger partial charge in [0.1, 0.15) is 0 Å². The predicted octanol–water partition coefficient (Wildman–Crippen LogP) is 2.06. The molecule has 0 spiro atoms. The van der Waals surface area contributed by atoms with Crippen LogP contribution in [0, 0.1) is 13.8 Å². The van der Waals surface area contributed by atoms with Crippen molar-refractivity contribution in [3.8, 4) is 0 Å². The number of carbonyl (C=O) groups excluding carboxylic acids is 1. The van der Waals surface area contributed by atoms with Crippen LogP contribution in [0.4, 0.5) is 0 Å². The van der Waals surface area contributed by atoms with Crippen LogP contribution in [0.1, 0.15) is 48.3 Å². The van der Waals surface area contributed by atoms with E-state index in [1.165, 1.54) is 0 Å². The fourth-order valence-electron chi connectivity index (χ4n) is 1.78. The molecule has 1 unspecified atom stereocenters. The topological polar surface area (TPSA) is 68.0 Å². The number of amides is 1. The van der Waals surface area contributed by atoms with Crippen LogP contribution >= 0.6 is 11.3 Å². The largest absolute Gasteiger partial charge is 0.347 e. The van der Waals surface area contributed by atoms with E-state index in [1.54, 1.807) is 11.3 Å². The standard InChI is InChI=1S/C12H21N3OS/c1-5-6-10(13)12(16)15-8(3)11-7(2)14-9(4)17-11/h8,10H,5-6,13H2,1-4H3,(H,15,16)/t8?,10-/m0/s1. The minimum Gasteiger partial charge on any atom is -0.347 e. The third kappa shape index (κ3) is 3.78. The molecule has 1 amide bonds. The van der Waals surface area contributed by atoms with Crippen molar-refractivity contribution >= 4 is 17.2 Å². The van der Waals surface area contributed by atoms with Gasteiger partial charge in [0.25, 0.3) is 0 Å². The maximum Gasteiger partial charge on any atom is 0.237 e. The molecule has 17 heavy (non-hydrogen) atoms. The van der Waals surface area contributed by atoms with Gasteiger partial charge in [0, 0.05) is 4.88 Å². The molecule has 0 aliphatic heterocycles. The smallest absolute Gasteiger partial charge is 0.237 e. The normalized spacial score (nSPS) is 14.4. The summed E-state index contributed by atoms with van der Waals surface area (Å²) >= 11 is 1.62. The summed E-state index contributed by atoms with van der Waals surface area (Å²) in [4.78, 5) is 17.3. The highest BCUT2D eigenvalue weighted by molar-refractivity contribution is 7.11. The Labute approximate surface area is 107 Å². The maximum absolute atomic E-state index is 11.8. The summed E-state index contributed by atoms with van der Waals surface area (Å²) in [6, 6.07) is -0.423. The summed E-state index contributed by atoms with van der Waals surface area (Å²) in [5.41, 5.74) is 6.76. The minimum atomic E-state index is -0.406. The van der Waals surface area contributed by atoms with Gasteiger partial charge in [0.15, 0.2) is 0 Å². The number of rotatable bonds is 5. The van der Waals surface area contributed by atoms with Crippen molar-refractivity contribution in [3.05, 3.63) is 15.6 Å². The Morgan fingerprint density at radius 2 is 2.18 bits per heavy atom. The van der Waals surface area contributed by atoms with Gasteiger partial charge >= 0.3 is 0 Å². The SMILES string of the molecule is CCC[C@H](N)C(=O)NC(C)c1sc(C)nc1C. The molecular weight excluding hydrogens is 234 g/mol. The zero-order valence-electron chi connectivity index (χ0n) is 10.9. The van der Waals surface area contributed by atoms with E-state index < -0.39 is 6.04 Å². The summed E-state index contributed by atoms with van der Waals surface area (Å²) in [7, 11) is 0. The Morgan fingerprint density at radius 1 is 1.53 bits per heavy atom. The molecule has 1 heterocycles. The van der Waals surface area contributed by atoms with E-state index in [4.69, 9.17) is 5.73 Å². The highest BCUT2D eigenvalue weighted by atomic mass is 32.1. The van der Waals surface area contributed by atoms with Crippen LogP contribution in [-0.4, -0.2) is 16.9 Å². The molecule has 5 heteroatoms. The van der Waals surface area contributed by atoms with Crippen molar-refractivity contribution in [2.24, 2.45) is 5.73 Å². The Morgan fingerprint density at radius 3 is 2.65 bits per heavy atom. The molecule has 0 aliphatic rings. The summed E-state index contributed by atoms with van der Waals surface area (Å²) in [6.07, 6.45) is 1.64. The molecular formula is C12H21N3OS. The Bertz CT molecular complexity index is 389. The predicted molar refractivity (Wildman–Crippen MR) is 71.0 cm³/mol. The molecule has 0 aliphatic carbocycles. The van der Waals surface area contributed by atoms with E-state index in [-0.39, 0.29) is 11.9 Å². The van der Waals surface area contributed by atoms with Crippen LogP contribution in [0.2, 0.25) is 0 Å². The molecule has 96 valence electrons. The van der Waals surface area contributed by atoms with Gasteiger partial charge in [-0.15, -0.1) is 11.3 Å². The van der Waals surface area contributed by atoms with Gasteiger partial charge < -0.3 is 11.1 Å². The average Bonchev–Trinajstić information content (AvgIpc) is 2.58. The lowest BCUT2D eigenvalue weighted by atomic mass is 10.1. The number of nitrogens with two attached hydrogens (primary N) is 1. The van der Waals surface area contributed by atoms with Crippen LogP contribution in [0.3, 0.4) is 0 Å². The lowest BCUT2D eigenvalue weighted by molar-refractivity contribution is -0.123. The highest BCUT2D eigenvalue weighted by Crippen LogP contribution is 2.24. The molecule has 0 radical (unpaired) electrons. The number of aryl methyl sites for hydroxylation is 2. The number of nitrogens with zero attached hydrogens (tertiary/aromatic N) is 1. The number of hydrogen-bond donors (Lipinski definition) is 2. The van der Waals surface area contributed by atoms with Gasteiger partial charge in [-0.25, -0.2) is 4.98 Å². The van der Waals surface area contributed by atoms with Crippen molar-refractivity contribution in [2.45, 2.75) is 52.6 Å². The van der Waals surface area contributed by atoms with Crippen molar-refractivity contribution in [2.75, 3.05) is 0 Å². The highest BCUT2D eigenvalue weighted by Gasteiger charge is 2.18. The zero-order chi connectivity index (χ0) is 13.0. The Hall–Kier alpha value is -0.940. The Balaban J connectivity index is 2.63. The molecule has 0 saturated carbocycles. The summed E-state index contributed by atoms with van der Waals surface area (Å²) in [5, 5.41) is 3.97. The maximum atomic E-state index is 11.8. The number of thiazole rings is 1. The van der Waals surface area contributed by atoms with Crippen molar-refractivity contribution < 1.29 is 4.79 Å². The molecule has 3 N–H and O–H groups in total. The van der Waals surface area contributed by atoms with E-state index >= 15 is 0 Å². The molecule has 0 bridgehead atoms. The van der Waals surface area contributed by atoms with Crippen LogP contribution in [0.25, 0.3) is 0 Å². The molecule has 1 rings (SSSR count). The molecule has 0 aromatic carbocycles. The first-order valence-corrected chi connectivity index (χ1v) is 6.77. The van der Waals surface area contributed by atoms with Crippen LogP contribution < -0.4 is 11.1 Å². The number of nitrogens with one attached hydrogen (secondary N) is 1. The van der Waals surface area contributed by atoms with Crippen molar-refractivity contribution in [1.82, 2.24) is 10.3 Å². The van der Waals surface area contributed by atoms with Gasteiger partial charge in [0.2, 0.25) is 5.91 Å². The second-order valence-corrected chi connectivity index (χ2v) is 5.54. The average molecular weight is 255 g/mol. The van der Waals surface area contributed by atoms with E-state index in [0.717, 1.165) is 28.4 Å². The monoisotopic (exact) mass is 255 g/mol. The summed E-state index contributed by atoms with van der Waals surface area (Å²) < 4.78 is 0. The third-order valence-corrected chi connectivity index (χ3v) is 3.88. The lowest BCUT2D eigenvalue weighted by Gasteiger charge is -2.16. The van der Waals surface area contributed by atoms with Gasteiger partial charge in [-0.2, -0.15) is 0 Å². The molecule has 4 nitrogen and oxygen atoms in total. The van der Waals surface area contributed by atoms with Crippen LogP contribution in [0.15, 0.2) is 0 Å². The van der Waals surface area contributed by atoms with E-state index in [2.05, 4.69) is 10.3 Å². The Kier molecular flexibility index (Phi) is 5.08. The van der Waals surface area contributed by atoms with E-state index in [0.29, 0.717) is 0 Å². The van der Waals surface area contributed by atoms with Crippen molar-refractivity contribution in [1.29, 1.82) is 0 Å². The molecule has 1 aromatic rings. The summed E-state index contributed by atoms with van der Waals surface area (Å²) in [5.74, 6) is -0.0789. The van der Waals surface area contributed by atoms with Crippen LogP contribution in [0.5, 0.6) is 0 Å². The second kappa shape index (κ2) is 6.12. The van der Waals surface area contributed by atoms with Gasteiger partial charge in [-0.1, -0.05) is 13.3 Å². The minimum absolute atomic E-state index is 0.0170. The fourth-order valence-corrected chi connectivity index (χ4v) is 2.71. The lowest BCUT2D eigenvalue weighted by Crippen LogP contribution is -2.41. The number of carbonyl (C=O) groups is 1. The molecule has 0 fully saturated rings. The molecule has 1 aromatic heterocycles. The van der Waals surface area contributed by atoms with Gasteiger partial charge in [-0.05, 0) is 27.2 Å². The first-order chi connectivity index (χ1) is 7.95. The van der Waals surface area contributed by atoms with Gasteiger partial charge in [-0.3, -0.25) is 4.79 Å². The number of aromatic nitrogens is 1. The fraction of sp³-hybridized carbons (Fsp3) is 0.667. The van der Waals surface area contributed by atoms with Gasteiger partial charge in [0.05, 0.1) is 22.8 Å². The molecule has 2 atom stereocenters. The number of hydrogen-bond acceptors (Lipinski definition) is 4. The second-order valence-electron chi connectivity index (χ2n) is 4.31. The first-order valence-electron chi connectivity index (χ1n) is 5.95. The first kappa shape index (κ1) is 14.1. The van der Waals surface area contributed by atoms with Crippen LogP contribution in [-0.2, 0) is 4.79 Å². The quantitative estimate of drug-likeness (QED) is 0.846. The summed E-state index contributed by atoms with van der Waals surface area (Å²) in [6.45, 7) is 7.93.